The molecule has 15 heavy (non-hydrogen) atoms. The second-order valence-electron chi connectivity index (χ2n) is 3.65. The summed E-state index contributed by atoms with van der Waals surface area (Å²) in [5, 5.41) is 4.22. The van der Waals surface area contributed by atoms with Crippen LogP contribution in [0.15, 0.2) is 17.4 Å². The minimum atomic E-state index is 0.503. The number of thioether (sulfide) groups is 1. The highest BCUT2D eigenvalue weighted by molar-refractivity contribution is 7.98. The highest BCUT2D eigenvalue weighted by Gasteiger charge is 2.19. The van der Waals surface area contributed by atoms with E-state index < -0.39 is 0 Å². The van der Waals surface area contributed by atoms with Crippen LogP contribution < -0.4 is 10.2 Å². The van der Waals surface area contributed by atoms with Crippen molar-refractivity contribution in [2.24, 2.45) is 0 Å². The lowest BCUT2D eigenvalue weighted by molar-refractivity contribution is 0.495. The van der Waals surface area contributed by atoms with Crippen molar-refractivity contribution >= 4 is 17.6 Å². The molecular formula is C10H16N4S. The number of hydrogen-bond donors (Lipinski definition) is 1. The van der Waals surface area contributed by atoms with E-state index in [9.17, 15) is 0 Å². The molecule has 2 heterocycles. The van der Waals surface area contributed by atoms with Gasteiger partial charge in [0.1, 0.15) is 5.82 Å². The van der Waals surface area contributed by atoms with Gasteiger partial charge >= 0.3 is 0 Å². The van der Waals surface area contributed by atoms with E-state index in [0.717, 1.165) is 30.6 Å². The largest absolute Gasteiger partial charge is 0.351 e. The molecule has 0 spiro atoms. The zero-order valence-electron chi connectivity index (χ0n) is 9.10. The number of aromatic nitrogens is 2. The molecule has 4 nitrogen and oxygen atoms in total. The van der Waals surface area contributed by atoms with Gasteiger partial charge in [0.05, 0.1) is 0 Å². The standard InChI is InChI=1S/C10H16N4S/c1-8-7-11-5-6-14(8)9-3-4-12-10(13-9)15-2/h3-4,8,11H,5-7H2,1-2H3/t8-/m0/s1. The van der Waals surface area contributed by atoms with Crippen LogP contribution >= 0.6 is 11.8 Å². The summed E-state index contributed by atoms with van der Waals surface area (Å²) in [7, 11) is 0. The Hall–Kier alpha value is -0.810. The number of nitrogens with one attached hydrogen (secondary N) is 1. The molecule has 1 atom stereocenters. The Balaban J connectivity index is 2.19. The number of nitrogens with zero attached hydrogens (tertiary/aromatic N) is 3. The van der Waals surface area contributed by atoms with Crippen molar-refractivity contribution in [1.82, 2.24) is 15.3 Å². The van der Waals surface area contributed by atoms with Crippen molar-refractivity contribution in [3.8, 4) is 0 Å². The maximum atomic E-state index is 4.52. The minimum absolute atomic E-state index is 0.503. The lowest BCUT2D eigenvalue weighted by atomic mass is 10.2. The van der Waals surface area contributed by atoms with E-state index in [4.69, 9.17) is 0 Å². The van der Waals surface area contributed by atoms with Gasteiger partial charge in [-0.1, -0.05) is 11.8 Å². The highest BCUT2D eigenvalue weighted by Crippen LogP contribution is 2.17. The van der Waals surface area contributed by atoms with Crippen molar-refractivity contribution in [1.29, 1.82) is 0 Å². The van der Waals surface area contributed by atoms with Crippen molar-refractivity contribution in [2.75, 3.05) is 30.8 Å². The summed E-state index contributed by atoms with van der Waals surface area (Å²) in [4.78, 5) is 11.0. The summed E-state index contributed by atoms with van der Waals surface area (Å²) >= 11 is 1.58. The molecule has 0 amide bonds. The molecule has 0 radical (unpaired) electrons. The first-order chi connectivity index (χ1) is 7.31. The fourth-order valence-electron chi connectivity index (χ4n) is 1.77. The third-order valence-corrected chi connectivity index (χ3v) is 3.16. The second kappa shape index (κ2) is 4.81. The first-order valence-electron chi connectivity index (χ1n) is 5.15. The highest BCUT2D eigenvalue weighted by atomic mass is 32.2. The number of piperazine rings is 1. The van der Waals surface area contributed by atoms with Crippen LogP contribution in [0, 0.1) is 0 Å². The summed E-state index contributed by atoms with van der Waals surface area (Å²) in [6.45, 7) is 5.29. The van der Waals surface area contributed by atoms with Crippen LogP contribution in [0.2, 0.25) is 0 Å². The summed E-state index contributed by atoms with van der Waals surface area (Å²) in [5.41, 5.74) is 0. The maximum Gasteiger partial charge on any atom is 0.189 e. The summed E-state index contributed by atoms with van der Waals surface area (Å²) in [6.07, 6.45) is 3.84. The molecule has 0 unspecified atom stereocenters. The van der Waals surface area contributed by atoms with Crippen LogP contribution in [0.5, 0.6) is 0 Å². The lowest BCUT2D eigenvalue weighted by Crippen LogP contribution is -2.50. The van der Waals surface area contributed by atoms with Crippen LogP contribution in [-0.2, 0) is 0 Å². The Labute approximate surface area is 94.5 Å². The number of hydrogen-bond acceptors (Lipinski definition) is 5. The van der Waals surface area contributed by atoms with Gasteiger partial charge < -0.3 is 10.2 Å². The van der Waals surface area contributed by atoms with E-state index in [1.54, 1.807) is 11.8 Å². The maximum absolute atomic E-state index is 4.52. The molecule has 0 aliphatic carbocycles. The van der Waals surface area contributed by atoms with Gasteiger partial charge in [-0.05, 0) is 19.2 Å². The molecule has 1 aromatic heterocycles. The van der Waals surface area contributed by atoms with Crippen molar-refractivity contribution in [3.05, 3.63) is 12.3 Å². The van der Waals surface area contributed by atoms with Gasteiger partial charge in [0.15, 0.2) is 5.16 Å². The SMILES string of the molecule is CSc1nccc(N2CCNC[C@@H]2C)n1. The monoisotopic (exact) mass is 224 g/mol. The van der Waals surface area contributed by atoms with Gasteiger partial charge in [0.2, 0.25) is 0 Å². The third-order valence-electron chi connectivity index (χ3n) is 2.60. The second-order valence-corrected chi connectivity index (χ2v) is 4.42. The minimum Gasteiger partial charge on any atom is -0.351 e. The smallest absolute Gasteiger partial charge is 0.189 e. The predicted molar refractivity (Wildman–Crippen MR) is 63.5 cm³/mol. The van der Waals surface area contributed by atoms with Crippen LogP contribution in [0.4, 0.5) is 5.82 Å². The van der Waals surface area contributed by atoms with Crippen LogP contribution in [0.25, 0.3) is 0 Å². The van der Waals surface area contributed by atoms with Gasteiger partial charge in [-0.25, -0.2) is 9.97 Å². The Kier molecular flexibility index (Phi) is 3.43. The van der Waals surface area contributed by atoms with E-state index in [-0.39, 0.29) is 0 Å². The summed E-state index contributed by atoms with van der Waals surface area (Å²) < 4.78 is 0. The zero-order chi connectivity index (χ0) is 10.7. The quantitative estimate of drug-likeness (QED) is 0.599. The number of rotatable bonds is 2. The fraction of sp³-hybridized carbons (Fsp3) is 0.600. The van der Waals surface area contributed by atoms with E-state index in [0.29, 0.717) is 6.04 Å². The first-order valence-corrected chi connectivity index (χ1v) is 6.38. The molecule has 0 saturated carbocycles. The average Bonchev–Trinajstić information content (AvgIpc) is 2.30. The van der Waals surface area contributed by atoms with Crippen molar-refractivity contribution in [2.45, 2.75) is 18.1 Å². The van der Waals surface area contributed by atoms with Crippen LogP contribution in [0.1, 0.15) is 6.92 Å². The van der Waals surface area contributed by atoms with E-state index in [1.165, 1.54) is 0 Å². The van der Waals surface area contributed by atoms with Crippen molar-refractivity contribution in [3.63, 3.8) is 0 Å². The molecule has 1 aliphatic rings. The lowest BCUT2D eigenvalue weighted by Gasteiger charge is -2.34. The summed E-state index contributed by atoms with van der Waals surface area (Å²) in [5.74, 6) is 1.04. The fourth-order valence-corrected chi connectivity index (χ4v) is 2.12. The molecule has 0 aromatic carbocycles. The predicted octanol–water partition coefficient (Wildman–Crippen LogP) is 0.997. The normalized spacial score (nSPS) is 21.7. The molecule has 1 saturated heterocycles. The Morgan fingerprint density at radius 2 is 2.47 bits per heavy atom. The molecule has 1 N–H and O–H groups in total. The molecule has 5 heteroatoms. The van der Waals surface area contributed by atoms with Crippen LogP contribution in [-0.4, -0.2) is 41.9 Å². The van der Waals surface area contributed by atoms with E-state index in [1.807, 2.05) is 18.5 Å². The van der Waals surface area contributed by atoms with Crippen molar-refractivity contribution < 1.29 is 0 Å². The van der Waals surface area contributed by atoms with Gasteiger partial charge in [0, 0.05) is 31.9 Å². The third kappa shape index (κ3) is 2.41. The van der Waals surface area contributed by atoms with E-state index >= 15 is 0 Å². The average molecular weight is 224 g/mol. The van der Waals surface area contributed by atoms with Crippen LogP contribution in [0.3, 0.4) is 0 Å². The molecule has 1 fully saturated rings. The molecule has 2 rings (SSSR count). The van der Waals surface area contributed by atoms with Gasteiger partial charge in [-0.3, -0.25) is 0 Å². The van der Waals surface area contributed by atoms with Gasteiger partial charge in [-0.15, -0.1) is 0 Å². The zero-order valence-corrected chi connectivity index (χ0v) is 9.92. The molecule has 1 aliphatic heterocycles. The van der Waals surface area contributed by atoms with Gasteiger partial charge in [0.25, 0.3) is 0 Å². The van der Waals surface area contributed by atoms with E-state index in [2.05, 4.69) is 27.1 Å². The topological polar surface area (TPSA) is 41.1 Å². The first kappa shape index (κ1) is 10.7. The van der Waals surface area contributed by atoms with Gasteiger partial charge in [-0.2, -0.15) is 0 Å². The summed E-state index contributed by atoms with van der Waals surface area (Å²) in [6, 6.07) is 2.49. The molecule has 0 bridgehead atoms. The number of anilines is 1. The Morgan fingerprint density at radius 3 is 3.20 bits per heavy atom. The Bertz CT molecular complexity index is 331. The molecule has 1 aromatic rings. The molecule has 82 valence electrons. The molecular weight excluding hydrogens is 208 g/mol. The Morgan fingerprint density at radius 1 is 1.60 bits per heavy atom.